The molecule has 1 atom stereocenters. The van der Waals surface area contributed by atoms with Crippen LogP contribution < -0.4 is 4.84 Å². The Hall–Kier alpha value is 0.210. The average molecular weight is 139 g/mol. The Morgan fingerprint density at radius 2 is 2.25 bits per heavy atom. The standard InChI is InChI=1S/C5H13ClNO/c1-3-5(7-6)8-4-2/h5-7H,3-4H2,1-2H3/q+1. The van der Waals surface area contributed by atoms with Gasteiger partial charge in [-0.3, -0.25) is 0 Å². The van der Waals surface area contributed by atoms with Gasteiger partial charge in [-0.15, -0.1) is 0 Å². The van der Waals surface area contributed by atoms with Gasteiger partial charge in [0.05, 0.1) is 0 Å². The molecule has 0 fully saturated rings. The molecule has 0 rings (SSSR count). The number of hydrogen-bond acceptors (Lipinski definition) is 2. The normalized spacial score (nSPS) is 13.9. The zero-order valence-electron chi connectivity index (χ0n) is 5.31. The maximum atomic E-state index is 5.12. The van der Waals surface area contributed by atoms with E-state index in [4.69, 9.17) is 4.74 Å². The molecule has 0 radical (unpaired) electrons. The van der Waals surface area contributed by atoms with Crippen molar-refractivity contribution in [2.24, 2.45) is 0 Å². The van der Waals surface area contributed by atoms with Crippen LogP contribution in [0.5, 0.6) is 0 Å². The largest absolute Gasteiger partial charge is 0.359 e. The van der Waals surface area contributed by atoms with Gasteiger partial charge in [0.15, 0.2) is 6.23 Å². The van der Waals surface area contributed by atoms with Gasteiger partial charge >= 0.3 is 0 Å². The highest BCUT2D eigenvalue weighted by molar-refractivity contribution is 4.39. The van der Waals surface area contributed by atoms with Crippen molar-refractivity contribution in [3.05, 3.63) is 0 Å². The smallest absolute Gasteiger partial charge is 0.225 e. The molecule has 3 heteroatoms. The van der Waals surface area contributed by atoms with Crippen LogP contribution in [0.25, 0.3) is 0 Å². The summed E-state index contributed by atoms with van der Waals surface area (Å²) in [5.74, 6) is 0. The first kappa shape index (κ1) is 8.21. The topological polar surface area (TPSA) is 21.3 Å². The fraction of sp³-hybridized carbons (Fsp3) is 1.00. The van der Waals surface area contributed by atoms with E-state index >= 15 is 0 Å². The van der Waals surface area contributed by atoms with Gasteiger partial charge in [0, 0.05) is 6.61 Å². The van der Waals surface area contributed by atoms with Crippen molar-refractivity contribution in [2.75, 3.05) is 6.61 Å². The van der Waals surface area contributed by atoms with Gasteiger partial charge in [-0.05, 0) is 18.2 Å². The van der Waals surface area contributed by atoms with E-state index in [1.807, 2.05) is 13.8 Å². The third-order valence-electron chi connectivity index (χ3n) is 0.870. The summed E-state index contributed by atoms with van der Waals surface area (Å²) in [6.07, 6.45) is 0.993. The van der Waals surface area contributed by atoms with Crippen molar-refractivity contribution in [1.29, 1.82) is 0 Å². The highest BCUT2D eigenvalue weighted by Crippen LogP contribution is 1.90. The zero-order valence-corrected chi connectivity index (χ0v) is 6.12. The van der Waals surface area contributed by atoms with Crippen molar-refractivity contribution in [3.63, 3.8) is 0 Å². The minimum Gasteiger partial charge on any atom is -0.359 e. The molecule has 1 N–H and O–H groups in total. The number of nitrogens with one attached hydrogen (secondary N) is 1. The second-order valence-electron chi connectivity index (χ2n) is 1.47. The molecular formula is C5H13ClNO+. The molecule has 0 amide bonds. The Bertz CT molecular complexity index is 47.7. The lowest BCUT2D eigenvalue weighted by Gasteiger charge is -2.06. The summed E-state index contributed by atoms with van der Waals surface area (Å²) in [5, 5.41) is 0. The van der Waals surface area contributed by atoms with E-state index in [0.717, 1.165) is 13.0 Å². The predicted molar refractivity (Wildman–Crippen MR) is 30.2 cm³/mol. The quantitative estimate of drug-likeness (QED) is 0.453. The van der Waals surface area contributed by atoms with Crippen LogP contribution in [-0.4, -0.2) is 12.8 Å². The molecule has 0 heterocycles. The highest BCUT2D eigenvalue weighted by Gasteiger charge is 2.04. The Morgan fingerprint density at radius 1 is 1.62 bits per heavy atom. The molecule has 0 aliphatic heterocycles. The van der Waals surface area contributed by atoms with Crippen molar-refractivity contribution < 1.29 is 16.5 Å². The second kappa shape index (κ2) is 5.35. The van der Waals surface area contributed by atoms with E-state index in [2.05, 4.69) is 16.6 Å². The summed E-state index contributed by atoms with van der Waals surface area (Å²) in [6, 6.07) is 0. The molecule has 50 valence electrons. The van der Waals surface area contributed by atoms with E-state index in [1.165, 1.54) is 0 Å². The Morgan fingerprint density at radius 3 is 2.38 bits per heavy atom. The van der Waals surface area contributed by atoms with Crippen LogP contribution in [0.4, 0.5) is 0 Å². The third-order valence-corrected chi connectivity index (χ3v) is 1.13. The van der Waals surface area contributed by atoms with Crippen LogP contribution in [-0.2, 0) is 4.74 Å². The SMILES string of the molecule is CCOC(CC)N[ClH+]. The zero-order chi connectivity index (χ0) is 6.41. The highest BCUT2D eigenvalue weighted by atomic mass is 35.5. The van der Waals surface area contributed by atoms with E-state index < -0.39 is 0 Å². The van der Waals surface area contributed by atoms with Gasteiger partial charge in [-0.1, -0.05) is 6.92 Å². The lowest BCUT2D eigenvalue weighted by Crippen LogP contribution is -2.25. The van der Waals surface area contributed by atoms with Crippen LogP contribution in [0, 0.1) is 11.8 Å². The molecule has 0 saturated carbocycles. The molecule has 2 nitrogen and oxygen atoms in total. The molecule has 0 saturated heterocycles. The van der Waals surface area contributed by atoms with E-state index in [9.17, 15) is 0 Å². The number of halogens is 1. The maximum absolute atomic E-state index is 5.12. The minimum absolute atomic E-state index is 0.0648. The summed E-state index contributed by atoms with van der Waals surface area (Å²) < 4.78 is 5.12. The van der Waals surface area contributed by atoms with Crippen LogP contribution in [0.15, 0.2) is 0 Å². The van der Waals surface area contributed by atoms with Gasteiger partial charge in [0.1, 0.15) is 0 Å². The molecule has 0 aliphatic carbocycles. The molecule has 0 aliphatic rings. The molecule has 8 heavy (non-hydrogen) atoms. The minimum atomic E-state index is 0.0648. The molecule has 0 aromatic carbocycles. The fourth-order valence-corrected chi connectivity index (χ4v) is 0.671. The van der Waals surface area contributed by atoms with Crippen molar-refractivity contribution >= 4 is 0 Å². The Balaban J connectivity index is 3.07. The van der Waals surface area contributed by atoms with Crippen LogP contribution in [0.3, 0.4) is 0 Å². The van der Waals surface area contributed by atoms with Crippen LogP contribution >= 0.6 is 0 Å². The average Bonchev–Trinajstić information content (AvgIpc) is 1.83. The monoisotopic (exact) mass is 138 g/mol. The molecule has 0 aromatic heterocycles. The number of rotatable bonds is 4. The summed E-state index contributed by atoms with van der Waals surface area (Å²) in [6.45, 7) is 4.71. The van der Waals surface area contributed by atoms with E-state index in [0.29, 0.717) is 0 Å². The van der Waals surface area contributed by atoms with Crippen molar-refractivity contribution in [1.82, 2.24) is 4.84 Å². The van der Waals surface area contributed by atoms with Gasteiger partial charge < -0.3 is 4.74 Å². The lowest BCUT2D eigenvalue weighted by molar-refractivity contribution is -0.467. The van der Waals surface area contributed by atoms with Crippen molar-refractivity contribution in [3.8, 4) is 0 Å². The first-order chi connectivity index (χ1) is 3.85. The summed E-state index contributed by atoms with van der Waals surface area (Å²) in [4.78, 5) is 2.61. The van der Waals surface area contributed by atoms with E-state index in [1.54, 1.807) is 0 Å². The van der Waals surface area contributed by atoms with Gasteiger partial charge in [-0.2, -0.15) is 0 Å². The van der Waals surface area contributed by atoms with Crippen LogP contribution in [0.1, 0.15) is 20.3 Å². The van der Waals surface area contributed by atoms with Crippen LogP contribution in [0.2, 0.25) is 0 Å². The van der Waals surface area contributed by atoms with Gasteiger partial charge in [0.2, 0.25) is 11.8 Å². The Labute approximate surface area is 55.3 Å². The lowest BCUT2D eigenvalue weighted by atomic mass is 10.4. The molecule has 0 spiro atoms. The third kappa shape index (κ3) is 3.24. The van der Waals surface area contributed by atoms with Gasteiger partial charge in [-0.25, -0.2) is 0 Å². The molecule has 0 aromatic rings. The summed E-state index contributed by atoms with van der Waals surface area (Å²) in [5.41, 5.74) is 0. The fourth-order valence-electron chi connectivity index (χ4n) is 0.436. The Kier molecular flexibility index (Phi) is 5.49. The number of hydrogen-bond donors (Lipinski definition) is 1. The first-order valence-corrected chi connectivity index (χ1v) is 3.25. The first-order valence-electron chi connectivity index (χ1n) is 2.84. The predicted octanol–water partition coefficient (Wildman–Crippen LogP) is 0.545. The van der Waals surface area contributed by atoms with Crippen molar-refractivity contribution in [2.45, 2.75) is 26.5 Å². The van der Waals surface area contributed by atoms with E-state index in [-0.39, 0.29) is 6.23 Å². The molecule has 0 bridgehead atoms. The van der Waals surface area contributed by atoms with Gasteiger partial charge in [0.25, 0.3) is 0 Å². The second-order valence-corrected chi connectivity index (χ2v) is 1.71. The summed E-state index contributed by atoms with van der Waals surface area (Å²) in [7, 11) is 0. The summed E-state index contributed by atoms with van der Waals surface area (Å²) >= 11 is 4.56. The molecular weight excluding hydrogens is 126 g/mol. The molecule has 1 unspecified atom stereocenters. The number of ether oxygens (including phenoxy) is 1. The maximum Gasteiger partial charge on any atom is 0.225 e.